The summed E-state index contributed by atoms with van der Waals surface area (Å²) in [7, 11) is 1.66. The first kappa shape index (κ1) is 13.1. The van der Waals surface area contributed by atoms with Crippen LogP contribution in [0.2, 0.25) is 0 Å². The van der Waals surface area contributed by atoms with Gasteiger partial charge in [0, 0.05) is 0 Å². The minimum atomic E-state index is 0.565. The molecule has 2 nitrogen and oxygen atoms in total. The Labute approximate surface area is 103 Å². The van der Waals surface area contributed by atoms with Gasteiger partial charge in [0.1, 0.15) is 12.4 Å². The normalized spacial score (nSPS) is 10.9. The highest BCUT2D eigenvalue weighted by Gasteiger charge is 1.92. The highest BCUT2D eigenvalue weighted by molar-refractivity contribution is 5.26. The number of benzene rings is 1. The molecule has 0 atom stereocenters. The summed E-state index contributed by atoms with van der Waals surface area (Å²) in [6.45, 7) is 4.20. The van der Waals surface area contributed by atoms with Gasteiger partial charge in [0.05, 0.1) is 13.4 Å². The van der Waals surface area contributed by atoms with Crippen molar-refractivity contribution in [2.75, 3.05) is 7.11 Å². The Morgan fingerprint density at radius 1 is 1.18 bits per heavy atom. The van der Waals surface area contributed by atoms with Crippen molar-refractivity contribution in [3.8, 4) is 5.75 Å². The number of hydrogen-bond donors (Lipinski definition) is 0. The third-order valence-electron chi connectivity index (χ3n) is 2.13. The number of ether oxygens (including phenoxy) is 2. The lowest BCUT2D eigenvalue weighted by Gasteiger charge is -2.02. The molecule has 0 aromatic heterocycles. The molecule has 1 rings (SSSR count). The molecule has 0 aliphatic carbocycles. The molecule has 0 aliphatic heterocycles. The summed E-state index contributed by atoms with van der Waals surface area (Å²) in [5.74, 6) is 0.858. The Kier molecular flexibility index (Phi) is 6.34. The first-order chi connectivity index (χ1) is 8.36. The molecule has 0 heterocycles. The summed E-state index contributed by atoms with van der Waals surface area (Å²) in [6, 6.07) is 7.82. The van der Waals surface area contributed by atoms with Gasteiger partial charge in [0.15, 0.2) is 0 Å². The predicted octanol–water partition coefficient (Wildman–Crippen LogP) is 3.86. The van der Waals surface area contributed by atoms with E-state index in [4.69, 9.17) is 9.47 Å². The van der Waals surface area contributed by atoms with Crippen LogP contribution in [-0.4, -0.2) is 7.11 Å². The summed E-state index contributed by atoms with van der Waals surface area (Å²) in [6.07, 6.45) is 10.2. The van der Waals surface area contributed by atoms with E-state index in [1.165, 1.54) is 0 Å². The van der Waals surface area contributed by atoms with Gasteiger partial charge in [-0.05, 0) is 30.2 Å². The Balaban J connectivity index is 2.27. The second kappa shape index (κ2) is 8.22. The van der Waals surface area contributed by atoms with Crippen LogP contribution in [0.5, 0.6) is 5.75 Å². The lowest BCUT2D eigenvalue weighted by Crippen LogP contribution is -1.87. The second-order valence-electron chi connectivity index (χ2n) is 3.44. The van der Waals surface area contributed by atoms with Crippen LogP contribution in [0.15, 0.2) is 61.4 Å². The van der Waals surface area contributed by atoms with Gasteiger partial charge >= 0.3 is 0 Å². The van der Waals surface area contributed by atoms with Crippen LogP contribution < -0.4 is 4.74 Å². The van der Waals surface area contributed by atoms with E-state index in [0.29, 0.717) is 6.61 Å². The third-order valence-corrected chi connectivity index (χ3v) is 2.13. The lowest BCUT2D eigenvalue weighted by atomic mass is 10.2. The fourth-order valence-corrected chi connectivity index (χ4v) is 1.22. The third kappa shape index (κ3) is 5.61. The minimum Gasteiger partial charge on any atom is -0.497 e. The van der Waals surface area contributed by atoms with E-state index in [1.54, 1.807) is 13.4 Å². The highest BCUT2D eigenvalue weighted by Crippen LogP contribution is 2.11. The van der Waals surface area contributed by atoms with E-state index in [2.05, 4.69) is 6.58 Å². The van der Waals surface area contributed by atoms with E-state index < -0.39 is 0 Å². The maximum absolute atomic E-state index is 5.37. The number of allylic oxidation sites excluding steroid dienone is 4. The van der Waals surface area contributed by atoms with Crippen LogP contribution in [0, 0.1) is 0 Å². The van der Waals surface area contributed by atoms with Gasteiger partial charge in [0.25, 0.3) is 0 Å². The Morgan fingerprint density at radius 3 is 2.59 bits per heavy atom. The maximum atomic E-state index is 5.37. The molecule has 90 valence electrons. The zero-order chi connectivity index (χ0) is 12.3. The van der Waals surface area contributed by atoms with E-state index in [0.717, 1.165) is 17.7 Å². The molecule has 1 aromatic carbocycles. The quantitative estimate of drug-likeness (QED) is 0.402. The first-order valence-corrected chi connectivity index (χ1v) is 5.54. The van der Waals surface area contributed by atoms with E-state index in [9.17, 15) is 0 Å². The Hall–Kier alpha value is -1.96. The van der Waals surface area contributed by atoms with Crippen molar-refractivity contribution in [2.24, 2.45) is 0 Å². The second-order valence-corrected chi connectivity index (χ2v) is 3.44. The summed E-state index contributed by atoms with van der Waals surface area (Å²) < 4.78 is 10.5. The molecule has 0 amide bonds. The molecule has 0 N–H and O–H groups in total. The average Bonchev–Trinajstić information content (AvgIpc) is 2.38. The molecule has 0 saturated carbocycles. The molecule has 0 spiro atoms. The van der Waals surface area contributed by atoms with Gasteiger partial charge in [-0.2, -0.15) is 0 Å². The fourth-order valence-electron chi connectivity index (χ4n) is 1.22. The van der Waals surface area contributed by atoms with Crippen molar-refractivity contribution in [1.29, 1.82) is 0 Å². The molecule has 0 fully saturated rings. The molecule has 0 radical (unpaired) electrons. The van der Waals surface area contributed by atoms with Crippen LogP contribution in [-0.2, 0) is 11.3 Å². The van der Waals surface area contributed by atoms with Crippen LogP contribution in [0.4, 0.5) is 0 Å². The zero-order valence-electron chi connectivity index (χ0n) is 10.1. The fraction of sp³-hybridized carbons (Fsp3) is 0.200. The minimum absolute atomic E-state index is 0.565. The summed E-state index contributed by atoms with van der Waals surface area (Å²) in [4.78, 5) is 0. The van der Waals surface area contributed by atoms with Gasteiger partial charge in [-0.15, -0.1) is 6.58 Å². The van der Waals surface area contributed by atoms with Gasteiger partial charge in [-0.1, -0.05) is 30.4 Å². The van der Waals surface area contributed by atoms with Crippen LogP contribution in [0.25, 0.3) is 0 Å². The molecule has 2 heteroatoms. The number of methoxy groups -OCH3 is 1. The lowest BCUT2D eigenvalue weighted by molar-refractivity contribution is 0.236. The number of hydrogen-bond acceptors (Lipinski definition) is 2. The van der Waals surface area contributed by atoms with Gasteiger partial charge in [-0.3, -0.25) is 0 Å². The van der Waals surface area contributed by atoms with Crippen molar-refractivity contribution in [2.45, 2.75) is 13.0 Å². The zero-order valence-corrected chi connectivity index (χ0v) is 10.1. The topological polar surface area (TPSA) is 18.5 Å². The predicted molar refractivity (Wildman–Crippen MR) is 70.9 cm³/mol. The summed E-state index contributed by atoms with van der Waals surface area (Å²) >= 11 is 0. The Bertz CT molecular complexity index is 374. The summed E-state index contributed by atoms with van der Waals surface area (Å²) in [5.41, 5.74) is 1.12. The van der Waals surface area contributed by atoms with E-state index in [-0.39, 0.29) is 0 Å². The monoisotopic (exact) mass is 230 g/mol. The molecule has 17 heavy (non-hydrogen) atoms. The molecule has 0 saturated heterocycles. The molecular weight excluding hydrogens is 212 g/mol. The van der Waals surface area contributed by atoms with Crippen LogP contribution in [0.3, 0.4) is 0 Å². The SMILES string of the molecule is C=CC/C=C/C=C/OCc1ccc(OC)cc1. The molecule has 1 aromatic rings. The Morgan fingerprint density at radius 2 is 1.94 bits per heavy atom. The largest absolute Gasteiger partial charge is 0.497 e. The van der Waals surface area contributed by atoms with Crippen molar-refractivity contribution >= 4 is 0 Å². The first-order valence-electron chi connectivity index (χ1n) is 5.54. The average molecular weight is 230 g/mol. The van der Waals surface area contributed by atoms with Gasteiger partial charge < -0.3 is 9.47 Å². The maximum Gasteiger partial charge on any atom is 0.118 e. The van der Waals surface area contributed by atoms with Crippen LogP contribution in [0.1, 0.15) is 12.0 Å². The summed E-state index contributed by atoms with van der Waals surface area (Å²) in [5, 5.41) is 0. The van der Waals surface area contributed by atoms with E-state index in [1.807, 2.05) is 48.6 Å². The van der Waals surface area contributed by atoms with Crippen LogP contribution >= 0.6 is 0 Å². The van der Waals surface area contributed by atoms with Gasteiger partial charge in [-0.25, -0.2) is 0 Å². The van der Waals surface area contributed by atoms with E-state index >= 15 is 0 Å². The highest BCUT2D eigenvalue weighted by atomic mass is 16.5. The molecule has 0 aliphatic rings. The van der Waals surface area contributed by atoms with Crippen molar-refractivity contribution < 1.29 is 9.47 Å². The molecular formula is C15H18O2. The van der Waals surface area contributed by atoms with Crippen molar-refractivity contribution in [1.82, 2.24) is 0 Å². The standard InChI is InChI=1S/C15H18O2/c1-3-4-5-6-7-12-17-13-14-8-10-15(16-2)11-9-14/h3,5-12H,1,4,13H2,2H3/b6-5+,12-7+. The molecule has 0 unspecified atom stereocenters. The smallest absolute Gasteiger partial charge is 0.118 e. The van der Waals surface area contributed by atoms with Crippen molar-refractivity contribution in [3.05, 3.63) is 67.0 Å². The van der Waals surface area contributed by atoms with Crippen molar-refractivity contribution in [3.63, 3.8) is 0 Å². The van der Waals surface area contributed by atoms with Gasteiger partial charge in [0.2, 0.25) is 0 Å². The number of rotatable bonds is 7. The molecule has 0 bridgehead atoms.